The van der Waals surface area contributed by atoms with Gasteiger partial charge in [0.1, 0.15) is 6.33 Å². The maximum Gasteiger partial charge on any atom is 0.237 e. The van der Waals surface area contributed by atoms with Crippen molar-refractivity contribution in [1.29, 1.82) is 0 Å². The molecule has 2 aromatic heterocycles. The Morgan fingerprint density at radius 3 is 2.62 bits per heavy atom. The first-order valence-electron chi connectivity index (χ1n) is 9.87. The maximum absolute atomic E-state index is 12.8. The van der Waals surface area contributed by atoms with Crippen LogP contribution in [0, 0.1) is 0 Å². The van der Waals surface area contributed by atoms with Crippen molar-refractivity contribution in [2.45, 2.75) is 50.7 Å². The van der Waals surface area contributed by atoms with E-state index < -0.39 is 0 Å². The number of thioether (sulfide) groups is 1. The number of benzene rings is 2. The second kappa shape index (κ2) is 7.91. The van der Waals surface area contributed by atoms with Gasteiger partial charge in [0.15, 0.2) is 5.16 Å². The molecule has 0 radical (unpaired) electrons. The van der Waals surface area contributed by atoms with Crippen LogP contribution in [0.15, 0.2) is 53.9 Å². The molecule has 0 bridgehead atoms. The molecule has 0 spiro atoms. The molecule has 1 N–H and O–H groups in total. The van der Waals surface area contributed by atoms with Crippen LogP contribution in [0.3, 0.4) is 0 Å². The summed E-state index contributed by atoms with van der Waals surface area (Å²) in [5, 5.41) is 14.0. The van der Waals surface area contributed by atoms with Gasteiger partial charge in [0, 0.05) is 40.1 Å². The van der Waals surface area contributed by atoms with Crippen molar-refractivity contribution < 1.29 is 4.79 Å². The van der Waals surface area contributed by atoms with Gasteiger partial charge in [-0.2, -0.15) is 0 Å². The van der Waals surface area contributed by atoms with Crippen LogP contribution in [0.2, 0.25) is 0 Å². The molecule has 1 amide bonds. The molecule has 0 aliphatic heterocycles. The van der Waals surface area contributed by atoms with Gasteiger partial charge in [-0.05, 0) is 52.0 Å². The van der Waals surface area contributed by atoms with E-state index in [1.807, 2.05) is 17.6 Å². The summed E-state index contributed by atoms with van der Waals surface area (Å²) in [4.78, 5) is 12.8. The van der Waals surface area contributed by atoms with Crippen molar-refractivity contribution in [3.05, 3.63) is 48.8 Å². The number of fused-ring (bicyclic) bond motifs is 3. The third kappa shape index (κ3) is 3.62. The number of para-hydroxylation sites is 1. The van der Waals surface area contributed by atoms with Gasteiger partial charge in [0.2, 0.25) is 5.91 Å². The Labute approximate surface area is 174 Å². The smallest absolute Gasteiger partial charge is 0.237 e. The van der Waals surface area contributed by atoms with Crippen LogP contribution in [0.1, 0.15) is 33.7 Å². The van der Waals surface area contributed by atoms with Crippen molar-refractivity contribution in [3.63, 3.8) is 0 Å². The third-order valence-corrected chi connectivity index (χ3v) is 6.18. The molecule has 2 heterocycles. The van der Waals surface area contributed by atoms with Crippen LogP contribution in [-0.2, 0) is 11.3 Å². The molecule has 0 saturated carbocycles. The second-order valence-corrected chi connectivity index (χ2v) is 8.67. The Morgan fingerprint density at radius 2 is 1.86 bits per heavy atom. The molecule has 0 aliphatic rings. The molecule has 0 fully saturated rings. The predicted octanol–water partition coefficient (Wildman–Crippen LogP) is 5.11. The highest BCUT2D eigenvalue weighted by Gasteiger charge is 2.19. The van der Waals surface area contributed by atoms with Crippen LogP contribution in [0.5, 0.6) is 0 Å². The number of hydrogen-bond acceptors (Lipinski definition) is 4. The van der Waals surface area contributed by atoms with Crippen LogP contribution in [0.4, 0.5) is 5.69 Å². The summed E-state index contributed by atoms with van der Waals surface area (Å²) in [6.07, 6.45) is 1.70. The lowest BCUT2D eigenvalue weighted by Crippen LogP contribution is -2.23. The van der Waals surface area contributed by atoms with Crippen LogP contribution in [0.25, 0.3) is 21.8 Å². The Morgan fingerprint density at radius 1 is 1.10 bits per heavy atom. The largest absolute Gasteiger partial charge is 0.341 e. The van der Waals surface area contributed by atoms with Crippen molar-refractivity contribution in [3.8, 4) is 0 Å². The van der Waals surface area contributed by atoms with Gasteiger partial charge in [-0.15, -0.1) is 10.2 Å². The molecule has 7 heteroatoms. The van der Waals surface area contributed by atoms with Gasteiger partial charge < -0.3 is 14.5 Å². The number of rotatable bonds is 6. The monoisotopic (exact) mass is 407 g/mol. The Hall–Kier alpha value is -2.80. The van der Waals surface area contributed by atoms with Gasteiger partial charge >= 0.3 is 0 Å². The fourth-order valence-electron chi connectivity index (χ4n) is 3.60. The van der Waals surface area contributed by atoms with E-state index in [1.54, 1.807) is 6.33 Å². The molecule has 150 valence electrons. The van der Waals surface area contributed by atoms with E-state index >= 15 is 0 Å². The first kappa shape index (κ1) is 19.5. The molecule has 2 aromatic carbocycles. The van der Waals surface area contributed by atoms with Gasteiger partial charge in [0.05, 0.1) is 5.25 Å². The Bertz CT molecular complexity index is 1180. The SMILES string of the molecule is CCn1c2ccccc2c2cc(NC(=O)[C@@H](C)Sc3nncn3C(C)C)ccc21. The van der Waals surface area contributed by atoms with Gasteiger partial charge in [0.25, 0.3) is 0 Å². The normalized spacial score (nSPS) is 12.7. The molecule has 29 heavy (non-hydrogen) atoms. The zero-order chi connectivity index (χ0) is 20.5. The predicted molar refractivity (Wildman–Crippen MR) is 119 cm³/mol. The first-order chi connectivity index (χ1) is 14.0. The molecule has 4 aromatic rings. The van der Waals surface area contributed by atoms with E-state index in [9.17, 15) is 4.79 Å². The number of hydrogen-bond donors (Lipinski definition) is 1. The summed E-state index contributed by atoms with van der Waals surface area (Å²) in [5.74, 6) is -0.0492. The zero-order valence-electron chi connectivity index (χ0n) is 17.1. The Kier molecular flexibility index (Phi) is 5.32. The molecule has 6 nitrogen and oxygen atoms in total. The molecule has 0 unspecified atom stereocenters. The minimum Gasteiger partial charge on any atom is -0.341 e. The summed E-state index contributed by atoms with van der Waals surface area (Å²) >= 11 is 1.42. The van der Waals surface area contributed by atoms with Crippen LogP contribution < -0.4 is 5.32 Å². The first-order valence-corrected chi connectivity index (χ1v) is 10.8. The minimum atomic E-state index is -0.288. The number of anilines is 1. The van der Waals surface area contributed by atoms with Crippen molar-refractivity contribution in [1.82, 2.24) is 19.3 Å². The fraction of sp³-hybridized carbons (Fsp3) is 0.318. The maximum atomic E-state index is 12.8. The average molecular weight is 408 g/mol. The molecule has 0 saturated heterocycles. The molecule has 1 atom stereocenters. The second-order valence-electron chi connectivity index (χ2n) is 7.36. The number of nitrogens with zero attached hydrogens (tertiary/aromatic N) is 4. The van der Waals surface area contributed by atoms with E-state index in [2.05, 4.69) is 77.3 Å². The molecule has 0 aliphatic carbocycles. The van der Waals surface area contributed by atoms with E-state index in [1.165, 1.54) is 28.2 Å². The van der Waals surface area contributed by atoms with Crippen LogP contribution in [-0.4, -0.2) is 30.5 Å². The highest BCUT2D eigenvalue weighted by Crippen LogP contribution is 2.31. The summed E-state index contributed by atoms with van der Waals surface area (Å²) < 4.78 is 4.27. The van der Waals surface area contributed by atoms with Crippen molar-refractivity contribution in [2.24, 2.45) is 0 Å². The summed E-state index contributed by atoms with van der Waals surface area (Å²) in [6.45, 7) is 9.08. The average Bonchev–Trinajstić information content (AvgIpc) is 3.30. The van der Waals surface area contributed by atoms with E-state index in [4.69, 9.17) is 0 Å². The number of nitrogens with one attached hydrogen (secondary N) is 1. The van der Waals surface area contributed by atoms with E-state index in [0.717, 1.165) is 22.8 Å². The standard InChI is InChI=1S/C22H25N5OS/c1-5-26-19-9-7-6-8-17(19)18-12-16(10-11-20(18)26)24-21(28)15(4)29-22-25-23-13-27(22)14(2)3/h6-15H,5H2,1-4H3,(H,24,28)/t15-/m1/s1. The van der Waals surface area contributed by atoms with E-state index in [-0.39, 0.29) is 17.2 Å². The summed E-state index contributed by atoms with van der Waals surface area (Å²) in [6, 6.07) is 14.8. The van der Waals surface area contributed by atoms with Crippen molar-refractivity contribution >= 4 is 45.2 Å². The van der Waals surface area contributed by atoms with E-state index in [0.29, 0.717) is 0 Å². The van der Waals surface area contributed by atoms with Crippen molar-refractivity contribution in [2.75, 3.05) is 5.32 Å². The number of carbonyl (C=O) groups is 1. The topological polar surface area (TPSA) is 64.7 Å². The number of amides is 1. The number of aryl methyl sites for hydroxylation is 1. The highest BCUT2D eigenvalue weighted by atomic mass is 32.2. The lowest BCUT2D eigenvalue weighted by atomic mass is 10.1. The molecular formula is C22H25N5OS. The lowest BCUT2D eigenvalue weighted by molar-refractivity contribution is -0.115. The summed E-state index contributed by atoms with van der Waals surface area (Å²) in [7, 11) is 0. The third-order valence-electron chi connectivity index (χ3n) is 5.10. The van der Waals surface area contributed by atoms with Crippen LogP contribution >= 0.6 is 11.8 Å². The quantitative estimate of drug-likeness (QED) is 0.451. The number of aromatic nitrogens is 4. The Balaban J connectivity index is 1.58. The van der Waals surface area contributed by atoms with Gasteiger partial charge in [-0.25, -0.2) is 0 Å². The fourth-order valence-corrected chi connectivity index (χ4v) is 4.55. The minimum absolute atomic E-state index is 0.0492. The molecule has 4 rings (SSSR count). The van der Waals surface area contributed by atoms with Gasteiger partial charge in [-0.3, -0.25) is 4.79 Å². The zero-order valence-corrected chi connectivity index (χ0v) is 17.9. The highest BCUT2D eigenvalue weighted by molar-refractivity contribution is 8.00. The molecular weight excluding hydrogens is 382 g/mol. The lowest BCUT2D eigenvalue weighted by Gasteiger charge is -2.14. The summed E-state index contributed by atoms with van der Waals surface area (Å²) in [5.41, 5.74) is 3.20. The van der Waals surface area contributed by atoms with Gasteiger partial charge in [-0.1, -0.05) is 30.0 Å². The number of carbonyl (C=O) groups excluding carboxylic acids is 1.